The molecule has 2 amide bonds. The molecule has 2 aromatic rings. The van der Waals surface area contributed by atoms with E-state index in [-0.39, 0.29) is 6.03 Å². The molecule has 0 radical (unpaired) electrons. The van der Waals surface area contributed by atoms with Crippen LogP contribution in [0.3, 0.4) is 0 Å². The van der Waals surface area contributed by atoms with E-state index in [2.05, 4.69) is 36.4 Å². The second-order valence-electron chi connectivity index (χ2n) is 6.14. The van der Waals surface area contributed by atoms with Crippen LogP contribution < -0.4 is 10.6 Å². The molecule has 2 N–H and O–H groups in total. The number of urea groups is 1. The van der Waals surface area contributed by atoms with Gasteiger partial charge in [0.15, 0.2) is 0 Å². The van der Waals surface area contributed by atoms with Gasteiger partial charge in [-0.1, -0.05) is 18.2 Å². The average molecular weight is 317 g/mol. The van der Waals surface area contributed by atoms with E-state index in [9.17, 15) is 4.79 Å². The van der Waals surface area contributed by atoms with Gasteiger partial charge in [-0.2, -0.15) is 0 Å². The Kier molecular flexibility index (Phi) is 6.47. The Bertz CT molecular complexity index is 589. The van der Waals surface area contributed by atoms with Crippen molar-refractivity contribution in [3.8, 4) is 0 Å². The lowest BCUT2D eigenvalue weighted by Gasteiger charge is -2.20. The number of carbonyl (C=O) groups excluding carboxylic acids is 1. The number of nitrogens with zero attached hydrogens (tertiary/aromatic N) is 1. The molecular weight excluding hydrogens is 290 g/mol. The molecule has 0 aliphatic heterocycles. The number of fused-ring (bicyclic) bond motifs is 1. The van der Waals surface area contributed by atoms with Crippen molar-refractivity contribution >= 4 is 17.0 Å². The maximum atomic E-state index is 11.8. The summed E-state index contributed by atoms with van der Waals surface area (Å²) in [6.45, 7) is 6.52. The van der Waals surface area contributed by atoms with Gasteiger partial charge < -0.3 is 20.0 Å². The normalized spacial score (nSPS) is 11.3. The number of carbonyl (C=O) groups is 1. The number of nitrogens with one attached hydrogen (secondary N) is 2. The maximum Gasteiger partial charge on any atom is 0.315 e. The molecule has 23 heavy (non-hydrogen) atoms. The van der Waals surface area contributed by atoms with Gasteiger partial charge in [-0.25, -0.2) is 4.79 Å². The third-order valence-corrected chi connectivity index (χ3v) is 4.00. The smallest absolute Gasteiger partial charge is 0.315 e. The van der Waals surface area contributed by atoms with Crippen molar-refractivity contribution in [3.05, 3.63) is 36.1 Å². The van der Waals surface area contributed by atoms with Crippen LogP contribution in [-0.4, -0.2) is 37.1 Å². The maximum absolute atomic E-state index is 11.8. The first-order valence-corrected chi connectivity index (χ1v) is 8.25. The Morgan fingerprint density at radius 1 is 1.22 bits per heavy atom. The Labute approximate surface area is 138 Å². The molecule has 0 atom stereocenters. The number of rotatable bonds is 8. The van der Waals surface area contributed by atoms with Crippen molar-refractivity contribution in [3.63, 3.8) is 0 Å². The summed E-state index contributed by atoms with van der Waals surface area (Å²) in [4.78, 5) is 14.1. The van der Waals surface area contributed by atoms with Crippen LogP contribution in [0.1, 0.15) is 32.4 Å². The minimum atomic E-state index is -0.150. The fraction of sp³-hybridized carbons (Fsp3) is 0.500. The van der Waals surface area contributed by atoms with Crippen molar-refractivity contribution in [1.82, 2.24) is 15.5 Å². The first-order valence-electron chi connectivity index (χ1n) is 8.25. The van der Waals surface area contributed by atoms with Crippen molar-refractivity contribution < 1.29 is 9.21 Å². The highest BCUT2D eigenvalue weighted by molar-refractivity contribution is 5.78. The summed E-state index contributed by atoms with van der Waals surface area (Å²) in [7, 11) is 2.12. The van der Waals surface area contributed by atoms with E-state index < -0.39 is 0 Å². The lowest BCUT2D eigenvalue weighted by atomic mass is 10.2. The minimum absolute atomic E-state index is 0.150. The standard InChI is InChI=1S/C18H27N3O2/c1-14(2)21(3)11-7-6-10-19-18(22)20-13-16-12-15-8-4-5-9-17(15)23-16/h4-5,8-9,12,14H,6-7,10-11,13H2,1-3H3,(H2,19,20,22). The van der Waals surface area contributed by atoms with E-state index in [1.165, 1.54) is 0 Å². The molecule has 0 aliphatic carbocycles. The van der Waals surface area contributed by atoms with E-state index in [0.29, 0.717) is 19.1 Å². The Morgan fingerprint density at radius 3 is 2.74 bits per heavy atom. The van der Waals surface area contributed by atoms with E-state index >= 15 is 0 Å². The summed E-state index contributed by atoms with van der Waals surface area (Å²) in [5, 5.41) is 6.76. The second-order valence-corrected chi connectivity index (χ2v) is 6.14. The molecule has 126 valence electrons. The van der Waals surface area contributed by atoms with Gasteiger partial charge in [0, 0.05) is 18.0 Å². The minimum Gasteiger partial charge on any atom is -0.459 e. The van der Waals surface area contributed by atoms with Gasteiger partial charge in [-0.3, -0.25) is 0 Å². The van der Waals surface area contributed by atoms with Crippen LogP contribution in [0.15, 0.2) is 34.7 Å². The molecule has 2 rings (SSSR count). The monoisotopic (exact) mass is 317 g/mol. The topological polar surface area (TPSA) is 57.5 Å². The SMILES string of the molecule is CC(C)N(C)CCCCNC(=O)NCc1cc2ccccc2o1. The van der Waals surface area contributed by atoms with Gasteiger partial charge in [0.05, 0.1) is 6.54 Å². The zero-order valence-electron chi connectivity index (χ0n) is 14.3. The number of furan rings is 1. The summed E-state index contributed by atoms with van der Waals surface area (Å²) < 4.78 is 5.66. The fourth-order valence-electron chi connectivity index (χ4n) is 2.30. The molecule has 1 aromatic carbocycles. The third-order valence-electron chi connectivity index (χ3n) is 4.00. The molecule has 1 aromatic heterocycles. The van der Waals surface area contributed by atoms with Crippen molar-refractivity contribution in [2.75, 3.05) is 20.1 Å². The summed E-state index contributed by atoms with van der Waals surface area (Å²) in [6.07, 6.45) is 2.06. The lowest BCUT2D eigenvalue weighted by Crippen LogP contribution is -2.35. The quantitative estimate of drug-likeness (QED) is 0.734. The van der Waals surface area contributed by atoms with E-state index in [1.54, 1.807) is 0 Å². The summed E-state index contributed by atoms with van der Waals surface area (Å²) in [5.74, 6) is 0.764. The molecule has 0 saturated heterocycles. The van der Waals surface area contributed by atoms with Gasteiger partial charge in [0.2, 0.25) is 0 Å². The van der Waals surface area contributed by atoms with E-state index in [0.717, 1.165) is 36.1 Å². The average Bonchev–Trinajstić information content (AvgIpc) is 2.95. The van der Waals surface area contributed by atoms with Crippen LogP contribution in [-0.2, 0) is 6.54 Å². The summed E-state index contributed by atoms with van der Waals surface area (Å²) >= 11 is 0. The number of benzene rings is 1. The molecule has 0 unspecified atom stereocenters. The summed E-state index contributed by atoms with van der Waals surface area (Å²) in [5.41, 5.74) is 0.846. The Morgan fingerprint density at radius 2 is 2.00 bits per heavy atom. The highest BCUT2D eigenvalue weighted by Crippen LogP contribution is 2.18. The lowest BCUT2D eigenvalue weighted by molar-refractivity contribution is 0.238. The first-order chi connectivity index (χ1) is 11.1. The largest absolute Gasteiger partial charge is 0.459 e. The molecule has 5 nitrogen and oxygen atoms in total. The van der Waals surface area contributed by atoms with E-state index in [1.807, 2.05) is 30.3 Å². The van der Waals surface area contributed by atoms with Crippen molar-refractivity contribution in [2.45, 2.75) is 39.3 Å². The van der Waals surface area contributed by atoms with Crippen LogP contribution in [0.2, 0.25) is 0 Å². The number of unbranched alkanes of at least 4 members (excludes halogenated alkanes) is 1. The zero-order chi connectivity index (χ0) is 16.7. The van der Waals surface area contributed by atoms with Crippen LogP contribution in [0.5, 0.6) is 0 Å². The van der Waals surface area contributed by atoms with Crippen molar-refractivity contribution in [2.24, 2.45) is 0 Å². The molecule has 5 heteroatoms. The van der Waals surface area contributed by atoms with Gasteiger partial charge in [0.25, 0.3) is 0 Å². The molecule has 0 aliphatic rings. The molecule has 0 spiro atoms. The van der Waals surface area contributed by atoms with Crippen molar-refractivity contribution in [1.29, 1.82) is 0 Å². The first kappa shape index (κ1) is 17.3. The van der Waals surface area contributed by atoms with Crippen LogP contribution in [0.4, 0.5) is 4.79 Å². The van der Waals surface area contributed by atoms with Crippen LogP contribution in [0, 0.1) is 0 Å². The number of amides is 2. The zero-order valence-corrected chi connectivity index (χ0v) is 14.3. The van der Waals surface area contributed by atoms with Gasteiger partial charge in [-0.15, -0.1) is 0 Å². The predicted molar refractivity (Wildman–Crippen MR) is 93.5 cm³/mol. The van der Waals surface area contributed by atoms with Gasteiger partial charge in [-0.05, 0) is 52.4 Å². The summed E-state index contributed by atoms with van der Waals surface area (Å²) in [6, 6.07) is 10.2. The second kappa shape index (κ2) is 8.58. The number of hydrogen-bond acceptors (Lipinski definition) is 3. The fourth-order valence-corrected chi connectivity index (χ4v) is 2.30. The van der Waals surface area contributed by atoms with Crippen LogP contribution >= 0.6 is 0 Å². The Balaban J connectivity index is 1.61. The molecule has 0 bridgehead atoms. The molecule has 0 fully saturated rings. The number of para-hydroxylation sites is 1. The highest BCUT2D eigenvalue weighted by atomic mass is 16.3. The molecule has 0 saturated carbocycles. The van der Waals surface area contributed by atoms with E-state index in [4.69, 9.17) is 4.42 Å². The molecular formula is C18H27N3O2. The number of hydrogen-bond donors (Lipinski definition) is 2. The predicted octanol–water partition coefficient (Wildman–Crippen LogP) is 3.35. The highest BCUT2D eigenvalue weighted by Gasteiger charge is 2.06. The third kappa shape index (κ3) is 5.60. The Hall–Kier alpha value is -2.01. The van der Waals surface area contributed by atoms with Gasteiger partial charge in [0.1, 0.15) is 11.3 Å². The van der Waals surface area contributed by atoms with Crippen LogP contribution in [0.25, 0.3) is 11.0 Å². The molecule has 1 heterocycles. The van der Waals surface area contributed by atoms with Gasteiger partial charge >= 0.3 is 6.03 Å².